The quantitative estimate of drug-likeness (QED) is 0.774. The Labute approximate surface area is 116 Å². The molecule has 0 spiro atoms. The van der Waals surface area contributed by atoms with Crippen molar-refractivity contribution in [2.45, 2.75) is 46.0 Å². The summed E-state index contributed by atoms with van der Waals surface area (Å²) in [5, 5.41) is 0. The summed E-state index contributed by atoms with van der Waals surface area (Å²) in [5.74, 6) is 0.321. The molecule has 0 aliphatic carbocycles. The zero-order valence-electron chi connectivity index (χ0n) is 11.9. The Kier molecular flexibility index (Phi) is 6.79. The Morgan fingerprint density at radius 3 is 2.74 bits per heavy atom. The first-order valence-corrected chi connectivity index (χ1v) is 8.65. The van der Waals surface area contributed by atoms with Gasteiger partial charge in [0.05, 0.1) is 5.75 Å². The molecule has 0 radical (unpaired) electrons. The van der Waals surface area contributed by atoms with Crippen LogP contribution in [0.5, 0.6) is 0 Å². The number of hydrogen-bond acceptors (Lipinski definition) is 4. The fraction of sp³-hybridized carbons (Fsp3) is 0.923. The first kappa shape index (κ1) is 16.4. The van der Waals surface area contributed by atoms with Gasteiger partial charge in [-0.05, 0) is 37.5 Å². The summed E-state index contributed by atoms with van der Waals surface area (Å²) in [6.07, 6.45) is 3.62. The molecule has 1 aliphatic heterocycles. The van der Waals surface area contributed by atoms with E-state index >= 15 is 0 Å². The standard InChI is InChI=1S/C13H25NO4S/c1-11(2)7-9-19(16,17)14-13(15)6-5-12-4-3-8-18-10-12/h11-12H,3-10H2,1-2H3,(H,14,15). The van der Waals surface area contributed by atoms with Crippen LogP contribution < -0.4 is 4.72 Å². The van der Waals surface area contributed by atoms with Crippen molar-refractivity contribution in [3.8, 4) is 0 Å². The highest BCUT2D eigenvalue weighted by atomic mass is 32.2. The van der Waals surface area contributed by atoms with Crippen LogP contribution in [-0.2, 0) is 19.6 Å². The van der Waals surface area contributed by atoms with Gasteiger partial charge >= 0.3 is 0 Å². The summed E-state index contributed by atoms with van der Waals surface area (Å²) < 4.78 is 30.8. The summed E-state index contributed by atoms with van der Waals surface area (Å²) in [6, 6.07) is 0. The molecular weight excluding hydrogens is 266 g/mol. The third-order valence-corrected chi connectivity index (χ3v) is 4.58. The normalized spacial score (nSPS) is 20.5. The van der Waals surface area contributed by atoms with E-state index in [2.05, 4.69) is 4.72 Å². The fourth-order valence-corrected chi connectivity index (χ4v) is 3.37. The van der Waals surface area contributed by atoms with Crippen LogP contribution in [0.1, 0.15) is 46.0 Å². The lowest BCUT2D eigenvalue weighted by molar-refractivity contribution is -0.119. The van der Waals surface area contributed by atoms with Crippen LogP contribution in [0.3, 0.4) is 0 Å². The Bertz CT molecular complexity index is 372. The van der Waals surface area contributed by atoms with E-state index in [0.717, 1.165) is 19.4 Å². The zero-order valence-corrected chi connectivity index (χ0v) is 12.7. The maximum absolute atomic E-state index is 11.6. The van der Waals surface area contributed by atoms with Crippen LogP contribution in [0.4, 0.5) is 0 Å². The number of nitrogens with one attached hydrogen (secondary N) is 1. The van der Waals surface area contributed by atoms with Crippen LogP contribution >= 0.6 is 0 Å². The highest BCUT2D eigenvalue weighted by Gasteiger charge is 2.18. The van der Waals surface area contributed by atoms with Crippen LogP contribution in [-0.4, -0.2) is 33.3 Å². The number of carbonyl (C=O) groups is 1. The van der Waals surface area contributed by atoms with Gasteiger partial charge in [-0.3, -0.25) is 9.52 Å². The highest BCUT2D eigenvalue weighted by molar-refractivity contribution is 7.90. The minimum absolute atomic E-state index is 0.0168. The van der Waals surface area contributed by atoms with Crippen molar-refractivity contribution < 1.29 is 17.9 Å². The van der Waals surface area contributed by atoms with E-state index in [-0.39, 0.29) is 12.2 Å². The number of amides is 1. The Morgan fingerprint density at radius 2 is 2.16 bits per heavy atom. The molecule has 1 fully saturated rings. The van der Waals surface area contributed by atoms with Crippen molar-refractivity contribution in [1.29, 1.82) is 0 Å². The molecule has 0 aromatic rings. The lowest BCUT2D eigenvalue weighted by Gasteiger charge is -2.21. The minimum atomic E-state index is -3.46. The van der Waals surface area contributed by atoms with Gasteiger partial charge in [0.2, 0.25) is 15.9 Å². The molecule has 1 aliphatic rings. The zero-order chi connectivity index (χ0) is 14.3. The van der Waals surface area contributed by atoms with E-state index in [1.54, 1.807) is 0 Å². The van der Waals surface area contributed by atoms with E-state index < -0.39 is 15.9 Å². The average Bonchev–Trinajstić information content (AvgIpc) is 2.35. The van der Waals surface area contributed by atoms with Crippen molar-refractivity contribution in [1.82, 2.24) is 4.72 Å². The predicted molar refractivity (Wildman–Crippen MR) is 74.2 cm³/mol. The molecule has 0 bridgehead atoms. The molecule has 1 rings (SSSR count). The summed E-state index contributed by atoms with van der Waals surface area (Å²) in [4.78, 5) is 11.6. The molecule has 1 unspecified atom stereocenters. The maximum atomic E-state index is 11.6. The number of carbonyl (C=O) groups excluding carboxylic acids is 1. The van der Waals surface area contributed by atoms with Crippen molar-refractivity contribution in [2.24, 2.45) is 11.8 Å². The maximum Gasteiger partial charge on any atom is 0.234 e. The van der Waals surface area contributed by atoms with Gasteiger partial charge in [0.15, 0.2) is 0 Å². The van der Waals surface area contributed by atoms with E-state index in [1.165, 1.54) is 0 Å². The molecule has 0 saturated carbocycles. The molecule has 112 valence electrons. The summed E-state index contributed by atoms with van der Waals surface area (Å²) in [5.41, 5.74) is 0. The summed E-state index contributed by atoms with van der Waals surface area (Å²) >= 11 is 0. The van der Waals surface area contributed by atoms with E-state index in [1.807, 2.05) is 13.8 Å². The summed E-state index contributed by atoms with van der Waals surface area (Å²) in [7, 11) is -3.46. The fourth-order valence-electron chi connectivity index (χ4n) is 2.04. The van der Waals surface area contributed by atoms with Gasteiger partial charge in [0.1, 0.15) is 0 Å². The molecule has 6 heteroatoms. The molecule has 0 aromatic heterocycles. The predicted octanol–water partition coefficient (Wildman–Crippen LogP) is 1.69. The highest BCUT2D eigenvalue weighted by Crippen LogP contribution is 2.18. The molecule has 1 heterocycles. The second kappa shape index (κ2) is 7.85. The molecule has 1 saturated heterocycles. The van der Waals surface area contributed by atoms with Crippen molar-refractivity contribution in [3.05, 3.63) is 0 Å². The summed E-state index contributed by atoms with van der Waals surface area (Å²) in [6.45, 7) is 5.40. The molecule has 1 amide bonds. The van der Waals surface area contributed by atoms with Gasteiger partial charge in [-0.1, -0.05) is 13.8 Å². The average molecular weight is 291 g/mol. The number of rotatable bonds is 7. The van der Waals surface area contributed by atoms with Crippen LogP contribution in [0.15, 0.2) is 0 Å². The Morgan fingerprint density at radius 1 is 1.42 bits per heavy atom. The molecule has 1 atom stereocenters. The Hall–Kier alpha value is -0.620. The molecule has 1 N–H and O–H groups in total. The lowest BCUT2D eigenvalue weighted by Crippen LogP contribution is -2.33. The van der Waals surface area contributed by atoms with E-state index in [0.29, 0.717) is 31.3 Å². The third-order valence-electron chi connectivity index (χ3n) is 3.27. The van der Waals surface area contributed by atoms with Crippen LogP contribution in [0.2, 0.25) is 0 Å². The smallest absolute Gasteiger partial charge is 0.234 e. The molecule has 19 heavy (non-hydrogen) atoms. The van der Waals surface area contributed by atoms with Crippen molar-refractivity contribution in [3.63, 3.8) is 0 Å². The number of sulfonamides is 1. The van der Waals surface area contributed by atoms with Gasteiger partial charge in [0, 0.05) is 19.6 Å². The van der Waals surface area contributed by atoms with Crippen LogP contribution in [0, 0.1) is 11.8 Å². The minimum Gasteiger partial charge on any atom is -0.381 e. The van der Waals surface area contributed by atoms with Gasteiger partial charge < -0.3 is 4.74 Å². The van der Waals surface area contributed by atoms with Crippen LogP contribution in [0.25, 0.3) is 0 Å². The second-order valence-electron chi connectivity index (χ2n) is 5.65. The van der Waals surface area contributed by atoms with Gasteiger partial charge in [0.25, 0.3) is 0 Å². The molecule has 5 nitrogen and oxygen atoms in total. The lowest BCUT2D eigenvalue weighted by atomic mass is 9.97. The first-order valence-electron chi connectivity index (χ1n) is 7.00. The number of hydrogen-bond donors (Lipinski definition) is 1. The monoisotopic (exact) mass is 291 g/mol. The van der Waals surface area contributed by atoms with E-state index in [4.69, 9.17) is 4.74 Å². The third kappa shape index (κ3) is 7.52. The van der Waals surface area contributed by atoms with Crippen molar-refractivity contribution in [2.75, 3.05) is 19.0 Å². The Balaban J connectivity index is 2.25. The molecule has 0 aromatic carbocycles. The second-order valence-corrected chi connectivity index (χ2v) is 7.49. The molecular formula is C13H25NO4S. The first-order chi connectivity index (χ1) is 8.89. The largest absolute Gasteiger partial charge is 0.381 e. The van der Waals surface area contributed by atoms with Gasteiger partial charge in [-0.2, -0.15) is 0 Å². The topological polar surface area (TPSA) is 72.5 Å². The number of ether oxygens (including phenoxy) is 1. The van der Waals surface area contributed by atoms with Crippen molar-refractivity contribution >= 4 is 15.9 Å². The van der Waals surface area contributed by atoms with Gasteiger partial charge in [-0.15, -0.1) is 0 Å². The van der Waals surface area contributed by atoms with Gasteiger partial charge in [-0.25, -0.2) is 8.42 Å². The SMILES string of the molecule is CC(C)CCS(=O)(=O)NC(=O)CCC1CCCOC1. The van der Waals surface area contributed by atoms with E-state index in [9.17, 15) is 13.2 Å².